The molecule has 0 saturated carbocycles. The van der Waals surface area contributed by atoms with Crippen molar-refractivity contribution in [2.24, 2.45) is 4.99 Å². The van der Waals surface area contributed by atoms with Crippen LogP contribution in [-0.2, 0) is 4.79 Å². The molecule has 1 unspecified atom stereocenters. The molecule has 0 aromatic heterocycles. The number of alkyl halides is 3. The van der Waals surface area contributed by atoms with Gasteiger partial charge < -0.3 is 4.90 Å². The fraction of sp³-hybridized carbons (Fsp3) is 0.160. The van der Waals surface area contributed by atoms with Gasteiger partial charge in [-0.3, -0.25) is 9.69 Å². The Kier molecular flexibility index (Phi) is 8.33. The van der Waals surface area contributed by atoms with Gasteiger partial charge in [-0.05, 0) is 36.4 Å². The van der Waals surface area contributed by atoms with Crippen LogP contribution in [0.4, 0.5) is 43.8 Å². The van der Waals surface area contributed by atoms with Crippen molar-refractivity contribution in [2.75, 3.05) is 22.7 Å². The molecule has 3 aromatic rings. The topological polar surface area (TPSA) is 56.2 Å². The highest BCUT2D eigenvalue weighted by Gasteiger charge is 2.47. The Morgan fingerprint density at radius 3 is 1.92 bits per heavy atom. The number of carbonyl (C=O) groups is 2. The smallest absolute Gasteiger partial charge is 0.311 e. The zero-order valence-electron chi connectivity index (χ0n) is 19.7. The van der Waals surface area contributed by atoms with Gasteiger partial charge >= 0.3 is 6.03 Å². The minimum absolute atomic E-state index is 0.314. The lowest BCUT2D eigenvalue weighted by atomic mass is 10.1. The van der Waals surface area contributed by atoms with Gasteiger partial charge in [-0.1, -0.05) is 44.0 Å². The zero-order chi connectivity index (χ0) is 28.6. The van der Waals surface area contributed by atoms with E-state index >= 15 is 8.78 Å². The summed E-state index contributed by atoms with van der Waals surface area (Å²) in [6.07, 6.45) is -1.62. The summed E-state index contributed by atoms with van der Waals surface area (Å²) in [6.45, 7) is 0. The van der Waals surface area contributed by atoms with Crippen molar-refractivity contribution in [3.05, 3.63) is 89.7 Å². The van der Waals surface area contributed by atoms with Gasteiger partial charge in [-0.15, -0.1) is 11.6 Å². The van der Waals surface area contributed by atoms with Crippen LogP contribution in [0.25, 0.3) is 0 Å². The average Bonchev–Trinajstić information content (AvgIpc) is 3.09. The second-order valence-corrected chi connectivity index (χ2v) is 12.4. The van der Waals surface area contributed by atoms with Crippen LogP contribution >= 0.6 is 43.5 Å². The molecule has 0 spiro atoms. The number of para-hydroxylation sites is 1. The van der Waals surface area contributed by atoms with E-state index in [1.54, 1.807) is 0 Å². The standard InChI is InChI=1S/C25H16Br2ClF5N4O2/c1-35-22(38)21(37(24(35)39)18-5-3-2-4-15(18)31)34-23(25(26,27)12-28)36(19-8-6-13(29)10-16(19)32)20-9-7-14(30)11-17(20)33/h2-11,23H,12H2,1H3. The number of amides is 3. The fourth-order valence-corrected chi connectivity index (χ4v) is 4.56. The molecular weight excluding hydrogens is 679 g/mol. The number of benzene rings is 3. The van der Waals surface area contributed by atoms with E-state index in [0.717, 1.165) is 42.3 Å². The number of nitrogens with zero attached hydrogens (tertiary/aromatic N) is 4. The quantitative estimate of drug-likeness (QED) is 0.151. The van der Waals surface area contributed by atoms with Crippen molar-refractivity contribution in [2.45, 2.75) is 9.40 Å². The number of halogens is 8. The molecule has 3 aromatic carbocycles. The highest BCUT2D eigenvalue weighted by molar-refractivity contribution is 9.25. The highest BCUT2D eigenvalue weighted by atomic mass is 79.9. The van der Waals surface area contributed by atoms with Crippen LogP contribution in [0.1, 0.15) is 0 Å². The molecule has 0 bridgehead atoms. The van der Waals surface area contributed by atoms with Crippen LogP contribution in [0.5, 0.6) is 0 Å². The Morgan fingerprint density at radius 1 is 0.897 bits per heavy atom. The summed E-state index contributed by atoms with van der Waals surface area (Å²) in [5.41, 5.74) is -1.19. The van der Waals surface area contributed by atoms with Gasteiger partial charge in [-0.2, -0.15) is 0 Å². The third-order valence-corrected chi connectivity index (χ3v) is 8.11. The summed E-state index contributed by atoms with van der Waals surface area (Å²) in [7, 11) is 1.14. The van der Waals surface area contributed by atoms with Gasteiger partial charge in [0.15, 0.2) is 6.17 Å². The number of aliphatic imine (C=N–C) groups is 1. The number of imide groups is 1. The summed E-state index contributed by atoms with van der Waals surface area (Å²) in [5, 5.41) is 0. The molecule has 3 amide bonds. The van der Waals surface area contributed by atoms with Crippen LogP contribution in [0, 0.1) is 29.1 Å². The summed E-state index contributed by atoms with van der Waals surface area (Å²) in [5.74, 6) is -6.98. The Bertz CT molecular complexity index is 1440. The van der Waals surface area contributed by atoms with E-state index in [1.165, 1.54) is 18.2 Å². The maximum absolute atomic E-state index is 15.2. The Morgan fingerprint density at radius 2 is 1.44 bits per heavy atom. The molecule has 0 N–H and O–H groups in total. The van der Waals surface area contributed by atoms with E-state index in [1.807, 2.05) is 0 Å². The summed E-state index contributed by atoms with van der Waals surface area (Å²) >= 11 is 12.8. The maximum Gasteiger partial charge on any atom is 0.337 e. The molecule has 1 aliphatic rings. The molecule has 0 aliphatic carbocycles. The summed E-state index contributed by atoms with van der Waals surface area (Å²) < 4.78 is 71.1. The van der Waals surface area contributed by atoms with Gasteiger partial charge in [0.1, 0.15) is 32.3 Å². The third-order valence-electron chi connectivity index (χ3n) is 5.66. The van der Waals surface area contributed by atoms with Gasteiger partial charge in [-0.25, -0.2) is 36.6 Å². The van der Waals surface area contributed by atoms with E-state index in [4.69, 9.17) is 11.6 Å². The average molecular weight is 695 g/mol. The second kappa shape index (κ2) is 11.2. The molecule has 1 saturated heterocycles. The monoisotopic (exact) mass is 692 g/mol. The largest absolute Gasteiger partial charge is 0.337 e. The molecule has 1 aliphatic heterocycles. The number of likely N-dealkylation sites (N-methyl/N-ethyl adjacent to an activating group) is 1. The van der Waals surface area contributed by atoms with Crippen LogP contribution in [0.3, 0.4) is 0 Å². The van der Waals surface area contributed by atoms with Crippen molar-refractivity contribution in [3.63, 3.8) is 0 Å². The van der Waals surface area contributed by atoms with E-state index in [0.29, 0.717) is 21.9 Å². The van der Waals surface area contributed by atoms with Crippen LogP contribution in [0.2, 0.25) is 0 Å². The van der Waals surface area contributed by atoms with Crippen LogP contribution in [0.15, 0.2) is 65.7 Å². The number of anilines is 3. The number of hydrogen-bond acceptors (Lipinski definition) is 4. The van der Waals surface area contributed by atoms with E-state index in [2.05, 4.69) is 36.9 Å². The number of urea groups is 1. The van der Waals surface area contributed by atoms with Crippen molar-refractivity contribution < 1.29 is 31.5 Å². The lowest BCUT2D eigenvalue weighted by Gasteiger charge is -2.38. The fourth-order valence-electron chi connectivity index (χ4n) is 3.81. The lowest BCUT2D eigenvalue weighted by Crippen LogP contribution is -2.46. The first-order valence-corrected chi connectivity index (χ1v) is 13.1. The molecule has 14 heteroatoms. The summed E-state index contributed by atoms with van der Waals surface area (Å²) in [6, 6.07) is 8.95. The zero-order valence-corrected chi connectivity index (χ0v) is 23.6. The predicted molar refractivity (Wildman–Crippen MR) is 144 cm³/mol. The number of hydrogen-bond donors (Lipinski definition) is 0. The normalized spacial score (nSPS) is 15.9. The number of carbonyl (C=O) groups excluding carboxylic acids is 2. The van der Waals surface area contributed by atoms with Crippen LogP contribution < -0.4 is 9.80 Å². The summed E-state index contributed by atoms with van der Waals surface area (Å²) in [4.78, 5) is 32.8. The molecule has 4 rings (SSSR count). The SMILES string of the molecule is CN1C(=O)C(=NC(N(c2ccc(F)cc2F)c2ccc(F)cc2F)C(Br)(Br)CCl)N(c2ccccc2F)C1=O. The van der Waals surface area contributed by atoms with Crippen LogP contribution in [-0.4, -0.2) is 45.0 Å². The number of rotatable bonds is 7. The second-order valence-electron chi connectivity index (χ2n) is 8.22. The lowest BCUT2D eigenvalue weighted by molar-refractivity contribution is -0.119. The van der Waals surface area contributed by atoms with Crippen molar-refractivity contribution in [1.29, 1.82) is 0 Å². The Balaban J connectivity index is 2.03. The number of amidine groups is 1. The van der Waals surface area contributed by atoms with Gasteiger partial charge in [0.2, 0.25) is 5.84 Å². The van der Waals surface area contributed by atoms with Crippen molar-refractivity contribution in [1.82, 2.24) is 4.90 Å². The molecule has 1 heterocycles. The molecule has 39 heavy (non-hydrogen) atoms. The predicted octanol–water partition coefficient (Wildman–Crippen LogP) is 7.07. The molecule has 1 fully saturated rings. The first kappa shape index (κ1) is 29.0. The minimum atomic E-state index is -1.62. The van der Waals surface area contributed by atoms with E-state index in [-0.39, 0.29) is 11.6 Å². The minimum Gasteiger partial charge on any atom is -0.311 e. The molecule has 0 radical (unpaired) electrons. The van der Waals surface area contributed by atoms with Gasteiger partial charge in [0.25, 0.3) is 5.91 Å². The van der Waals surface area contributed by atoms with Crippen molar-refractivity contribution >= 4 is 78.3 Å². The van der Waals surface area contributed by atoms with E-state index in [9.17, 15) is 22.8 Å². The highest BCUT2D eigenvalue weighted by Crippen LogP contribution is 2.43. The first-order chi connectivity index (χ1) is 18.4. The van der Waals surface area contributed by atoms with E-state index < -0.39 is 67.6 Å². The molecule has 6 nitrogen and oxygen atoms in total. The maximum atomic E-state index is 15.2. The Labute approximate surface area is 240 Å². The third kappa shape index (κ3) is 5.52. The van der Waals surface area contributed by atoms with Gasteiger partial charge in [0, 0.05) is 19.2 Å². The van der Waals surface area contributed by atoms with Crippen molar-refractivity contribution in [3.8, 4) is 0 Å². The molecule has 1 atom stereocenters. The first-order valence-electron chi connectivity index (χ1n) is 10.9. The van der Waals surface area contributed by atoms with Gasteiger partial charge in [0.05, 0.1) is 22.9 Å². The Hall–Kier alpha value is -3.03. The molecule has 204 valence electrons. The molecular formula is C25H16Br2ClF5N4O2.